The van der Waals surface area contributed by atoms with Gasteiger partial charge in [0.2, 0.25) is 11.8 Å². The fraction of sp³-hybridized carbons (Fsp3) is 0.419. The number of halogens is 3. The quantitative estimate of drug-likeness (QED) is 0.305. The lowest BCUT2D eigenvalue weighted by atomic mass is 9.56. The number of alkyl halides is 2. The van der Waals surface area contributed by atoms with Crippen LogP contribution < -0.4 is 9.80 Å². The molecule has 9 nitrogen and oxygen atoms in total. The molecule has 3 aliphatic heterocycles. The summed E-state index contributed by atoms with van der Waals surface area (Å²) in [5.74, 6) is -5.23. The number of amides is 4. The van der Waals surface area contributed by atoms with Crippen LogP contribution in [0.5, 0.6) is 5.75 Å². The summed E-state index contributed by atoms with van der Waals surface area (Å²) in [5, 5.41) is 10.2. The summed E-state index contributed by atoms with van der Waals surface area (Å²) < 4.78 is 5.43. The monoisotopic (exact) mass is 643 g/mol. The fourth-order valence-corrected chi connectivity index (χ4v) is 9.02. The van der Waals surface area contributed by atoms with E-state index in [9.17, 15) is 24.3 Å². The molecule has 4 fully saturated rings. The second kappa shape index (κ2) is 9.95. The van der Waals surface area contributed by atoms with E-state index in [1.165, 1.54) is 24.1 Å². The Balaban J connectivity index is 1.29. The molecule has 1 saturated carbocycles. The second-order valence-corrected chi connectivity index (χ2v) is 13.5. The lowest BCUT2D eigenvalue weighted by Gasteiger charge is -2.51. The number of allylic oxidation sites excluding steroid dienone is 2. The summed E-state index contributed by atoms with van der Waals surface area (Å²) >= 11 is 21.0. The number of carbonyl (C=O) groups is 4. The van der Waals surface area contributed by atoms with E-state index < -0.39 is 45.2 Å². The first-order valence-electron chi connectivity index (χ1n) is 14.2. The van der Waals surface area contributed by atoms with Crippen molar-refractivity contribution in [1.82, 2.24) is 4.90 Å². The van der Waals surface area contributed by atoms with E-state index in [0.717, 1.165) is 23.7 Å². The molecule has 2 aliphatic carbocycles. The first-order chi connectivity index (χ1) is 20.5. The van der Waals surface area contributed by atoms with Crippen molar-refractivity contribution in [2.24, 2.45) is 17.8 Å². The molecule has 0 radical (unpaired) electrons. The molecule has 6 atom stereocenters. The van der Waals surface area contributed by atoms with E-state index in [0.29, 0.717) is 30.0 Å². The average molecular weight is 645 g/mol. The third-order valence-electron chi connectivity index (χ3n) is 9.79. The van der Waals surface area contributed by atoms with Crippen LogP contribution in [-0.4, -0.2) is 76.7 Å². The van der Waals surface area contributed by atoms with Gasteiger partial charge in [-0.05, 0) is 60.7 Å². The van der Waals surface area contributed by atoms with E-state index in [4.69, 9.17) is 39.5 Å². The van der Waals surface area contributed by atoms with E-state index in [-0.39, 0.29) is 35.4 Å². The van der Waals surface area contributed by atoms with Crippen LogP contribution >= 0.6 is 34.8 Å². The minimum absolute atomic E-state index is 0.0858. The van der Waals surface area contributed by atoms with Gasteiger partial charge >= 0.3 is 0 Å². The number of imide groups is 2. The van der Waals surface area contributed by atoms with Gasteiger partial charge in [0.15, 0.2) is 9.75 Å². The molecule has 0 spiro atoms. The van der Waals surface area contributed by atoms with Crippen LogP contribution in [-0.2, 0) is 23.9 Å². The molecule has 0 aromatic heterocycles. The summed E-state index contributed by atoms with van der Waals surface area (Å²) in [7, 11) is 1.33. The molecule has 4 amide bonds. The highest BCUT2D eigenvalue weighted by molar-refractivity contribution is 6.53. The molecule has 12 heteroatoms. The molecule has 5 aliphatic rings. The summed E-state index contributed by atoms with van der Waals surface area (Å²) in [6, 6.07) is 11.6. The molecular weight excluding hydrogens is 617 g/mol. The Hall–Kier alpha value is -3.11. The van der Waals surface area contributed by atoms with Gasteiger partial charge < -0.3 is 14.7 Å². The summed E-state index contributed by atoms with van der Waals surface area (Å²) in [5.41, 5.74) is 2.49. The number of phenolic OH excluding ortho intramolecular Hbond substituents is 1. The molecule has 7 rings (SSSR count). The van der Waals surface area contributed by atoms with E-state index >= 15 is 0 Å². The van der Waals surface area contributed by atoms with E-state index in [1.807, 2.05) is 18.2 Å². The number of carbonyl (C=O) groups excluding carboxylic acids is 4. The third kappa shape index (κ3) is 3.87. The molecule has 224 valence electrons. The second-order valence-electron chi connectivity index (χ2n) is 11.8. The van der Waals surface area contributed by atoms with E-state index in [1.54, 1.807) is 18.2 Å². The number of likely N-dealkylation sites (tertiary alicyclic amines) is 1. The number of rotatable bonds is 3. The molecule has 3 saturated heterocycles. The van der Waals surface area contributed by atoms with Crippen molar-refractivity contribution < 1.29 is 29.0 Å². The Morgan fingerprint density at radius 3 is 2.26 bits per heavy atom. The van der Waals surface area contributed by atoms with Crippen LogP contribution in [0.3, 0.4) is 0 Å². The largest absolute Gasteiger partial charge is 0.508 e. The van der Waals surface area contributed by atoms with Gasteiger partial charge in [0.1, 0.15) is 5.75 Å². The van der Waals surface area contributed by atoms with Crippen molar-refractivity contribution in [1.29, 1.82) is 0 Å². The normalized spacial score (nSPS) is 33.9. The van der Waals surface area contributed by atoms with E-state index in [2.05, 4.69) is 4.90 Å². The van der Waals surface area contributed by atoms with Gasteiger partial charge in [-0.15, -0.1) is 23.2 Å². The topological polar surface area (TPSA) is 107 Å². The smallest absolute Gasteiger partial charge is 0.253 e. The van der Waals surface area contributed by atoms with Crippen molar-refractivity contribution in [3.05, 3.63) is 64.7 Å². The fourth-order valence-electron chi connectivity index (χ4n) is 7.73. The average Bonchev–Trinajstić information content (AvgIpc) is 3.33. The van der Waals surface area contributed by atoms with Crippen LogP contribution in [0.25, 0.3) is 0 Å². The summed E-state index contributed by atoms with van der Waals surface area (Å²) in [6.45, 7) is 2.78. The molecular formula is C31H28Cl3N3O6. The predicted molar refractivity (Wildman–Crippen MR) is 161 cm³/mol. The number of aromatic hydroxyl groups is 1. The van der Waals surface area contributed by atoms with Crippen LogP contribution in [0.4, 0.5) is 11.4 Å². The van der Waals surface area contributed by atoms with Gasteiger partial charge in [-0.25, -0.2) is 0 Å². The number of morpholine rings is 1. The highest BCUT2D eigenvalue weighted by Gasteiger charge is 2.76. The molecule has 43 heavy (non-hydrogen) atoms. The maximum Gasteiger partial charge on any atom is 0.253 e. The summed E-state index contributed by atoms with van der Waals surface area (Å²) in [4.78, 5) is 55.7. The van der Waals surface area contributed by atoms with Gasteiger partial charge in [-0.2, -0.15) is 0 Å². The van der Waals surface area contributed by atoms with Crippen LogP contribution in [0.1, 0.15) is 24.3 Å². The zero-order valence-electron chi connectivity index (χ0n) is 23.1. The number of phenols is 1. The van der Waals surface area contributed by atoms with Gasteiger partial charge in [-0.3, -0.25) is 29.0 Å². The third-order valence-corrected chi connectivity index (χ3v) is 11.5. The number of fused-ring (bicyclic) bond motifs is 4. The van der Waals surface area contributed by atoms with Gasteiger partial charge in [0.25, 0.3) is 11.8 Å². The molecule has 0 bridgehead atoms. The molecule has 0 unspecified atom stereocenters. The Kier molecular flexibility index (Phi) is 6.63. The minimum atomic E-state index is -1.93. The predicted octanol–water partition coefficient (Wildman–Crippen LogP) is 4.08. The van der Waals surface area contributed by atoms with Crippen molar-refractivity contribution in [2.75, 3.05) is 43.2 Å². The van der Waals surface area contributed by atoms with Gasteiger partial charge in [-0.1, -0.05) is 29.3 Å². The first-order valence-corrected chi connectivity index (χ1v) is 15.3. The number of hydrogen-bond acceptors (Lipinski definition) is 7. The highest BCUT2D eigenvalue weighted by Crippen LogP contribution is 2.66. The molecule has 2 aromatic carbocycles. The number of anilines is 2. The lowest BCUT2D eigenvalue weighted by molar-refractivity contribution is -0.138. The zero-order valence-corrected chi connectivity index (χ0v) is 25.4. The Morgan fingerprint density at radius 2 is 1.58 bits per heavy atom. The standard InChI is InChI=1S/C31H28Cl3N3O6/c1-35-28(41)30(33)15-22-19(25(31(30,34)29(35)42)20-7-6-18(38)14-23(20)32)8-9-21-24(22)27(40)37(26(21)39)17-4-2-16(3-5-17)36-10-12-43-13-11-36/h2-8,14,21-22,24-25,38H,9-13,15H2,1H3/t21-,22+,24-,25+,30+,31-/m0/s1. The maximum atomic E-state index is 14.2. The van der Waals surface area contributed by atoms with Crippen molar-refractivity contribution in [3.63, 3.8) is 0 Å². The Morgan fingerprint density at radius 1 is 0.907 bits per heavy atom. The Bertz CT molecular complexity index is 1610. The summed E-state index contributed by atoms with van der Waals surface area (Å²) in [6.07, 6.45) is 2.00. The van der Waals surface area contributed by atoms with Crippen molar-refractivity contribution >= 4 is 69.8 Å². The molecule has 3 heterocycles. The van der Waals surface area contributed by atoms with Crippen LogP contribution in [0.15, 0.2) is 54.1 Å². The van der Waals surface area contributed by atoms with Gasteiger partial charge in [0.05, 0.1) is 30.7 Å². The van der Waals surface area contributed by atoms with Crippen LogP contribution in [0.2, 0.25) is 5.02 Å². The zero-order chi connectivity index (χ0) is 30.4. The number of nitrogens with zero attached hydrogens (tertiary/aromatic N) is 3. The highest BCUT2D eigenvalue weighted by atomic mass is 35.5. The maximum absolute atomic E-state index is 14.2. The number of benzene rings is 2. The van der Waals surface area contributed by atoms with Gasteiger partial charge in [0, 0.05) is 36.8 Å². The molecule has 2 aromatic rings. The molecule has 1 N–H and O–H groups in total. The Labute approximate surface area is 262 Å². The lowest BCUT2D eigenvalue weighted by Crippen LogP contribution is -2.60. The van der Waals surface area contributed by atoms with Crippen molar-refractivity contribution in [3.8, 4) is 5.75 Å². The number of ether oxygens (including phenoxy) is 1. The SMILES string of the molecule is CN1C(=O)[C@]2(Cl)C[C@@H]3C(=CC[C@@H]4C(=O)N(c5ccc(N6CCOCC6)cc5)C(=O)[C@@H]43)[C@H](c3ccc(O)cc3Cl)[C@]2(Cl)C1=O. The number of hydrogen-bond donors (Lipinski definition) is 1. The van der Waals surface area contributed by atoms with Crippen molar-refractivity contribution in [2.45, 2.75) is 28.5 Å². The van der Waals surface area contributed by atoms with Crippen LogP contribution in [0, 0.1) is 17.8 Å². The first kappa shape index (κ1) is 28.6. The minimum Gasteiger partial charge on any atom is -0.508 e.